The molecule has 52 heavy (non-hydrogen) atoms. The molecule has 2 amide bonds. The van der Waals surface area contributed by atoms with Gasteiger partial charge in [-0.05, 0) is 78.6 Å². The van der Waals surface area contributed by atoms with Crippen LogP contribution in [0.3, 0.4) is 0 Å². The molecule has 0 bridgehead atoms. The van der Waals surface area contributed by atoms with Crippen molar-refractivity contribution in [1.82, 2.24) is 24.7 Å². The van der Waals surface area contributed by atoms with Crippen molar-refractivity contribution in [3.63, 3.8) is 0 Å². The summed E-state index contributed by atoms with van der Waals surface area (Å²) in [7, 11) is 1.91. The summed E-state index contributed by atoms with van der Waals surface area (Å²) in [6.07, 6.45) is 2.49. The molecule has 3 aromatic carbocycles. The van der Waals surface area contributed by atoms with Crippen LogP contribution in [0.5, 0.6) is 5.75 Å². The van der Waals surface area contributed by atoms with Gasteiger partial charge in [0, 0.05) is 73.7 Å². The fourth-order valence-corrected chi connectivity index (χ4v) is 7.51. The molecule has 2 atom stereocenters. The number of anilines is 2. The van der Waals surface area contributed by atoms with Crippen LogP contribution in [0.1, 0.15) is 52.3 Å². The van der Waals surface area contributed by atoms with Crippen LogP contribution >= 0.6 is 24.0 Å². The summed E-state index contributed by atoms with van der Waals surface area (Å²) in [5.41, 5.74) is 5.41. The second-order valence-corrected chi connectivity index (χ2v) is 13.5. The zero-order valence-corrected chi connectivity index (χ0v) is 30.5. The molecule has 1 fully saturated rings. The Morgan fingerprint density at radius 3 is 2.50 bits per heavy atom. The Morgan fingerprint density at radius 2 is 1.77 bits per heavy atom. The van der Waals surface area contributed by atoms with E-state index in [0.717, 1.165) is 42.9 Å². The number of halogens is 2. The van der Waals surface area contributed by atoms with Crippen LogP contribution in [0.15, 0.2) is 90.3 Å². The fourth-order valence-electron chi connectivity index (χ4n) is 7.33. The summed E-state index contributed by atoms with van der Waals surface area (Å²) >= 11 is 6.63. The number of carbonyl (C=O) groups is 2. The molecule has 0 aliphatic carbocycles. The Kier molecular flexibility index (Phi) is 11.1. The smallest absolute Gasteiger partial charge is 0.261 e. The molecule has 1 aromatic heterocycles. The van der Waals surface area contributed by atoms with Crippen molar-refractivity contribution in [1.29, 1.82) is 5.26 Å². The number of fused-ring (bicyclic) bond motifs is 1. The van der Waals surface area contributed by atoms with E-state index in [0.29, 0.717) is 48.0 Å². The minimum absolute atomic E-state index is 0. The normalized spacial score (nSPS) is 18.7. The Labute approximate surface area is 314 Å². The molecule has 13 heteroatoms. The number of phenols is 1. The number of phenolic OH excluding ortho intramolecular Hbond substituents is 1. The van der Waals surface area contributed by atoms with Crippen LogP contribution in [-0.4, -0.2) is 87.5 Å². The highest BCUT2D eigenvalue weighted by Gasteiger charge is 2.39. The van der Waals surface area contributed by atoms with Gasteiger partial charge < -0.3 is 19.6 Å². The van der Waals surface area contributed by atoms with Gasteiger partial charge in [0.2, 0.25) is 5.82 Å². The molecule has 11 nitrogen and oxygen atoms in total. The number of hydrogen-bond acceptors (Lipinski definition) is 9. The van der Waals surface area contributed by atoms with Gasteiger partial charge in [-0.1, -0.05) is 35.9 Å². The molecular formula is C39H39Cl2N7O4. The van der Waals surface area contributed by atoms with Crippen LogP contribution in [0.25, 0.3) is 0 Å². The van der Waals surface area contributed by atoms with E-state index in [1.54, 1.807) is 24.3 Å². The van der Waals surface area contributed by atoms with Crippen molar-refractivity contribution < 1.29 is 19.4 Å². The van der Waals surface area contributed by atoms with E-state index in [2.05, 4.69) is 33.1 Å². The lowest BCUT2D eigenvalue weighted by Gasteiger charge is -2.41. The van der Waals surface area contributed by atoms with Crippen molar-refractivity contribution in [3.8, 4) is 11.8 Å². The average Bonchev–Trinajstić information content (AvgIpc) is 3.45. The molecule has 0 radical (unpaired) electrons. The molecule has 3 aliphatic rings. The van der Waals surface area contributed by atoms with Crippen LogP contribution in [0, 0.1) is 11.3 Å². The first kappa shape index (κ1) is 36.8. The molecule has 268 valence electrons. The average molecular weight is 741 g/mol. The third-order valence-corrected chi connectivity index (χ3v) is 10.4. The van der Waals surface area contributed by atoms with Gasteiger partial charge in [-0.25, -0.2) is 9.97 Å². The number of nitrogens with zero attached hydrogens (tertiary/aromatic N) is 7. The topological polar surface area (TPSA) is 126 Å². The zero-order valence-electron chi connectivity index (χ0n) is 28.9. The summed E-state index contributed by atoms with van der Waals surface area (Å²) in [6, 6.07) is 23.0. The summed E-state index contributed by atoms with van der Waals surface area (Å²) in [5, 5.41) is 20.0. The highest BCUT2D eigenvalue weighted by atomic mass is 35.5. The molecule has 0 spiro atoms. The first-order valence-electron chi connectivity index (χ1n) is 17.0. The first-order chi connectivity index (χ1) is 24.7. The Hall–Kier alpha value is -4.99. The largest absolute Gasteiger partial charge is 0.508 e. The highest BCUT2D eigenvalue weighted by Crippen LogP contribution is 2.42. The van der Waals surface area contributed by atoms with E-state index >= 15 is 0 Å². The Balaban J connectivity index is 0.00000464. The highest BCUT2D eigenvalue weighted by molar-refractivity contribution is 6.30. The van der Waals surface area contributed by atoms with Gasteiger partial charge in [0.1, 0.15) is 17.6 Å². The third-order valence-electron chi connectivity index (χ3n) is 10.2. The number of ether oxygens (including phenoxy) is 1. The van der Waals surface area contributed by atoms with Crippen molar-refractivity contribution in [3.05, 3.63) is 123 Å². The van der Waals surface area contributed by atoms with E-state index in [4.69, 9.17) is 16.3 Å². The van der Waals surface area contributed by atoms with Crippen molar-refractivity contribution >= 4 is 47.3 Å². The molecule has 1 N–H and O–H groups in total. The maximum Gasteiger partial charge on any atom is 0.261 e. The maximum absolute atomic E-state index is 14.8. The first-order valence-corrected chi connectivity index (χ1v) is 17.4. The van der Waals surface area contributed by atoms with E-state index in [9.17, 15) is 20.0 Å². The quantitative estimate of drug-likeness (QED) is 0.241. The Bertz CT molecular complexity index is 2050. The predicted molar refractivity (Wildman–Crippen MR) is 200 cm³/mol. The summed E-state index contributed by atoms with van der Waals surface area (Å²) in [5.74, 6) is -0.228. The number of carbonyl (C=O) groups excluding carboxylic acids is 2. The summed E-state index contributed by atoms with van der Waals surface area (Å²) in [4.78, 5) is 45.5. The fraction of sp³-hybridized carbons (Fsp3) is 0.308. The van der Waals surface area contributed by atoms with E-state index in [1.165, 1.54) is 28.8 Å². The molecule has 4 heterocycles. The SMILES string of the molecule is CC1=C(C(=O)N(c2ccc(O)cc2)c2ccnc(C#N)n2)CC(c2cc(Cl)ccc2C(=O)N2Cc3ccccc3C[C@H]2CN2CCOCC2)N1C.Cl. The maximum atomic E-state index is 14.8. The Morgan fingerprint density at radius 1 is 1.04 bits per heavy atom. The van der Waals surface area contributed by atoms with Crippen LogP contribution in [-0.2, 0) is 22.5 Å². The lowest BCUT2D eigenvalue weighted by molar-refractivity contribution is -0.114. The minimum Gasteiger partial charge on any atom is -0.508 e. The minimum atomic E-state index is -0.363. The number of hydrogen-bond donors (Lipinski definition) is 1. The number of aromatic nitrogens is 2. The number of nitriles is 1. The van der Waals surface area contributed by atoms with Crippen molar-refractivity contribution in [2.24, 2.45) is 0 Å². The lowest BCUT2D eigenvalue weighted by Crippen LogP contribution is -2.52. The van der Waals surface area contributed by atoms with E-state index < -0.39 is 0 Å². The predicted octanol–water partition coefficient (Wildman–Crippen LogP) is 6.04. The van der Waals surface area contributed by atoms with Gasteiger partial charge >= 0.3 is 0 Å². The number of allylic oxidation sites excluding steroid dienone is 1. The third kappa shape index (κ3) is 7.34. The van der Waals surface area contributed by atoms with Crippen LogP contribution in [0.2, 0.25) is 5.02 Å². The van der Waals surface area contributed by atoms with Crippen LogP contribution < -0.4 is 4.90 Å². The summed E-state index contributed by atoms with van der Waals surface area (Å²) in [6.45, 7) is 6.15. The second kappa shape index (κ2) is 15.7. The molecule has 1 saturated heterocycles. The van der Waals surface area contributed by atoms with E-state index in [1.807, 2.05) is 48.0 Å². The molecular weight excluding hydrogens is 701 g/mol. The van der Waals surface area contributed by atoms with Gasteiger partial charge in [-0.15, -0.1) is 12.4 Å². The number of aromatic hydroxyl groups is 1. The van der Waals surface area contributed by atoms with Crippen LogP contribution in [0.4, 0.5) is 11.5 Å². The van der Waals surface area contributed by atoms with Crippen molar-refractivity contribution in [2.75, 3.05) is 44.8 Å². The van der Waals surface area contributed by atoms with Crippen molar-refractivity contribution in [2.45, 2.75) is 38.4 Å². The molecule has 7 rings (SSSR count). The number of benzene rings is 3. The van der Waals surface area contributed by atoms with Gasteiger partial charge in [-0.2, -0.15) is 5.26 Å². The molecule has 1 unspecified atom stereocenters. The van der Waals surface area contributed by atoms with Gasteiger partial charge in [0.25, 0.3) is 11.8 Å². The number of morpholine rings is 1. The lowest BCUT2D eigenvalue weighted by atomic mass is 9.91. The van der Waals surface area contributed by atoms with Gasteiger partial charge in [0.15, 0.2) is 0 Å². The number of rotatable bonds is 7. The van der Waals surface area contributed by atoms with E-state index in [-0.39, 0.29) is 53.7 Å². The molecule has 0 saturated carbocycles. The monoisotopic (exact) mass is 739 g/mol. The van der Waals surface area contributed by atoms with Gasteiger partial charge in [-0.3, -0.25) is 19.4 Å². The zero-order chi connectivity index (χ0) is 35.6. The molecule has 4 aromatic rings. The second-order valence-electron chi connectivity index (χ2n) is 13.1. The standard InChI is InChI=1S/C39H38ClN7O4.ClH/c1-25-33(39(50)47(29-8-10-31(48)11-9-29)37-13-14-42-36(22-41)43-37)21-35(44(25)2)34-20-28(40)7-12-32(34)38(49)46-23-27-6-4-3-5-26(27)19-30(46)24-45-15-17-51-18-16-45;/h3-14,20,30,35,48H,15-19,21,23-24H2,1-2H3;1H/t30-,35?;/m0./s1. The molecule has 3 aliphatic heterocycles. The van der Waals surface area contributed by atoms with Gasteiger partial charge in [0.05, 0.1) is 24.9 Å². The summed E-state index contributed by atoms with van der Waals surface area (Å²) < 4.78 is 5.60. The number of amides is 2.